The SMILES string of the molecule is CN(Cc1cc(CC2CNCCC2CC(=O)NC2CCCCC2)no1)c1ccccc1. The lowest BCUT2D eigenvalue weighted by Gasteiger charge is -2.32. The molecule has 6 nitrogen and oxygen atoms in total. The van der Waals surface area contributed by atoms with Crippen LogP contribution in [0.4, 0.5) is 5.69 Å². The zero-order valence-electron chi connectivity index (χ0n) is 18.7. The number of piperidine rings is 1. The zero-order valence-corrected chi connectivity index (χ0v) is 18.7. The summed E-state index contributed by atoms with van der Waals surface area (Å²) in [5, 5.41) is 11.1. The molecule has 2 N–H and O–H groups in total. The number of aromatic nitrogens is 1. The molecule has 2 aliphatic rings. The Morgan fingerprint density at radius 1 is 1.16 bits per heavy atom. The van der Waals surface area contributed by atoms with E-state index in [1.165, 1.54) is 19.3 Å². The summed E-state index contributed by atoms with van der Waals surface area (Å²) >= 11 is 0. The van der Waals surface area contributed by atoms with Crippen molar-refractivity contribution in [3.05, 3.63) is 47.9 Å². The van der Waals surface area contributed by atoms with E-state index in [1.807, 2.05) is 18.2 Å². The van der Waals surface area contributed by atoms with Gasteiger partial charge in [0.15, 0.2) is 5.76 Å². The first-order valence-electron chi connectivity index (χ1n) is 11.9. The van der Waals surface area contributed by atoms with Crippen molar-refractivity contribution in [3.8, 4) is 0 Å². The standard InChI is InChI=1S/C25H36N4O2/c1-29(23-10-6-3-7-11-23)18-24-16-22(28-31-24)14-20-17-26-13-12-19(20)15-25(30)27-21-8-4-2-5-9-21/h3,6-7,10-11,16,19-21,26H,2,4-5,8-9,12-15,17-18H2,1H3,(H,27,30). The van der Waals surface area contributed by atoms with Crippen LogP contribution in [0.1, 0.15) is 56.4 Å². The second kappa shape index (κ2) is 10.8. The first kappa shape index (κ1) is 21.9. The Morgan fingerprint density at radius 3 is 2.77 bits per heavy atom. The first-order valence-corrected chi connectivity index (χ1v) is 11.9. The molecule has 2 heterocycles. The minimum absolute atomic E-state index is 0.231. The van der Waals surface area contributed by atoms with Gasteiger partial charge in [-0.05, 0) is 62.7 Å². The maximum atomic E-state index is 12.7. The van der Waals surface area contributed by atoms with Gasteiger partial charge in [0.05, 0.1) is 12.2 Å². The van der Waals surface area contributed by atoms with Gasteiger partial charge in [-0.3, -0.25) is 4.79 Å². The van der Waals surface area contributed by atoms with Gasteiger partial charge < -0.3 is 20.1 Å². The Morgan fingerprint density at radius 2 is 1.97 bits per heavy atom. The Bertz CT molecular complexity index is 816. The molecule has 1 amide bonds. The average Bonchev–Trinajstić information content (AvgIpc) is 3.23. The number of rotatable bonds is 8. The Labute approximate surface area is 185 Å². The fraction of sp³-hybridized carbons (Fsp3) is 0.600. The van der Waals surface area contributed by atoms with Gasteiger partial charge in [-0.25, -0.2) is 0 Å². The molecule has 1 aromatic heterocycles. The van der Waals surface area contributed by atoms with Crippen LogP contribution >= 0.6 is 0 Å². The highest BCUT2D eigenvalue weighted by atomic mass is 16.5. The lowest BCUT2D eigenvalue weighted by Crippen LogP contribution is -2.42. The summed E-state index contributed by atoms with van der Waals surface area (Å²) in [6.07, 6.45) is 8.61. The Hall–Kier alpha value is -2.34. The van der Waals surface area contributed by atoms with E-state index >= 15 is 0 Å². The average molecular weight is 425 g/mol. The molecule has 2 atom stereocenters. The van der Waals surface area contributed by atoms with E-state index in [0.717, 1.165) is 55.9 Å². The molecule has 6 heteroatoms. The monoisotopic (exact) mass is 424 g/mol. The van der Waals surface area contributed by atoms with Gasteiger partial charge in [0.2, 0.25) is 5.91 Å². The Kier molecular flexibility index (Phi) is 7.62. The number of carbonyl (C=O) groups excluding carboxylic acids is 1. The number of carbonyl (C=O) groups is 1. The van der Waals surface area contributed by atoms with Crippen molar-refractivity contribution < 1.29 is 9.32 Å². The summed E-state index contributed by atoms with van der Waals surface area (Å²) in [4.78, 5) is 14.8. The predicted molar refractivity (Wildman–Crippen MR) is 123 cm³/mol. The molecular formula is C25H36N4O2. The van der Waals surface area contributed by atoms with E-state index in [0.29, 0.717) is 30.8 Å². The van der Waals surface area contributed by atoms with Crippen molar-refractivity contribution in [1.82, 2.24) is 15.8 Å². The molecular weight excluding hydrogens is 388 g/mol. The minimum Gasteiger partial charge on any atom is -0.367 e. The molecule has 1 aromatic carbocycles. The van der Waals surface area contributed by atoms with Crippen LogP contribution in [0.3, 0.4) is 0 Å². The van der Waals surface area contributed by atoms with Gasteiger partial charge in [-0.1, -0.05) is 42.6 Å². The van der Waals surface area contributed by atoms with Crippen molar-refractivity contribution >= 4 is 11.6 Å². The maximum absolute atomic E-state index is 12.7. The summed E-state index contributed by atoms with van der Waals surface area (Å²) in [5.41, 5.74) is 2.14. The molecule has 1 saturated heterocycles. The van der Waals surface area contributed by atoms with E-state index in [1.54, 1.807) is 0 Å². The molecule has 2 aromatic rings. The smallest absolute Gasteiger partial charge is 0.220 e. The summed E-state index contributed by atoms with van der Waals surface area (Å²) in [7, 11) is 2.06. The van der Waals surface area contributed by atoms with Gasteiger partial charge in [-0.2, -0.15) is 0 Å². The lowest BCUT2D eigenvalue weighted by molar-refractivity contribution is -0.123. The van der Waals surface area contributed by atoms with Crippen molar-refractivity contribution in [2.24, 2.45) is 11.8 Å². The number of para-hydroxylation sites is 1. The van der Waals surface area contributed by atoms with Gasteiger partial charge in [-0.15, -0.1) is 0 Å². The summed E-state index contributed by atoms with van der Waals surface area (Å²) in [6, 6.07) is 12.8. The molecule has 2 unspecified atom stereocenters. The third-order valence-corrected chi connectivity index (χ3v) is 6.85. The highest BCUT2D eigenvalue weighted by molar-refractivity contribution is 5.76. The number of anilines is 1. The molecule has 2 fully saturated rings. The van der Waals surface area contributed by atoms with Crippen LogP contribution in [0.2, 0.25) is 0 Å². The zero-order chi connectivity index (χ0) is 21.5. The molecule has 1 aliphatic heterocycles. The van der Waals surface area contributed by atoms with Crippen molar-refractivity contribution in [2.45, 2.75) is 64.0 Å². The fourth-order valence-corrected chi connectivity index (χ4v) is 5.06. The van der Waals surface area contributed by atoms with Crippen LogP contribution in [0, 0.1) is 11.8 Å². The normalized spacial score (nSPS) is 22.2. The van der Waals surface area contributed by atoms with E-state index < -0.39 is 0 Å². The largest absolute Gasteiger partial charge is 0.367 e. The van der Waals surface area contributed by atoms with Crippen LogP contribution < -0.4 is 15.5 Å². The quantitative estimate of drug-likeness (QED) is 0.672. The van der Waals surface area contributed by atoms with Crippen molar-refractivity contribution in [2.75, 3.05) is 25.0 Å². The number of hydrogen-bond acceptors (Lipinski definition) is 5. The topological polar surface area (TPSA) is 70.4 Å². The van der Waals surface area contributed by atoms with E-state index in [4.69, 9.17) is 4.52 Å². The van der Waals surface area contributed by atoms with E-state index in [-0.39, 0.29) is 5.91 Å². The molecule has 0 bridgehead atoms. The number of amides is 1. The third-order valence-electron chi connectivity index (χ3n) is 6.85. The highest BCUT2D eigenvalue weighted by Gasteiger charge is 2.29. The molecule has 168 valence electrons. The number of nitrogens with zero attached hydrogens (tertiary/aromatic N) is 2. The number of hydrogen-bond donors (Lipinski definition) is 2. The fourth-order valence-electron chi connectivity index (χ4n) is 5.06. The Balaban J connectivity index is 1.30. The molecule has 4 rings (SSSR count). The van der Waals surface area contributed by atoms with E-state index in [9.17, 15) is 4.79 Å². The van der Waals surface area contributed by atoms with Crippen LogP contribution in [0.15, 0.2) is 40.9 Å². The summed E-state index contributed by atoms with van der Waals surface area (Å²) in [6.45, 7) is 2.62. The molecule has 31 heavy (non-hydrogen) atoms. The van der Waals surface area contributed by atoms with Crippen LogP contribution in [-0.4, -0.2) is 37.2 Å². The summed E-state index contributed by atoms with van der Waals surface area (Å²) in [5.74, 6) is 1.92. The van der Waals surface area contributed by atoms with Crippen molar-refractivity contribution in [3.63, 3.8) is 0 Å². The van der Waals surface area contributed by atoms with Gasteiger partial charge in [0, 0.05) is 31.3 Å². The maximum Gasteiger partial charge on any atom is 0.220 e. The number of nitrogens with one attached hydrogen (secondary N) is 2. The van der Waals surface area contributed by atoms with Crippen LogP contribution in [-0.2, 0) is 17.8 Å². The van der Waals surface area contributed by atoms with Gasteiger partial charge >= 0.3 is 0 Å². The molecule has 0 spiro atoms. The third kappa shape index (κ3) is 6.33. The van der Waals surface area contributed by atoms with E-state index in [2.05, 4.69) is 45.9 Å². The van der Waals surface area contributed by atoms with Crippen molar-refractivity contribution in [1.29, 1.82) is 0 Å². The predicted octanol–water partition coefficient (Wildman–Crippen LogP) is 3.92. The minimum atomic E-state index is 0.231. The van der Waals surface area contributed by atoms with Crippen LogP contribution in [0.25, 0.3) is 0 Å². The second-order valence-corrected chi connectivity index (χ2v) is 9.30. The molecule has 1 saturated carbocycles. The van der Waals surface area contributed by atoms with Gasteiger partial charge in [0.1, 0.15) is 0 Å². The first-order chi connectivity index (χ1) is 15.2. The molecule has 0 radical (unpaired) electrons. The number of benzene rings is 1. The van der Waals surface area contributed by atoms with Gasteiger partial charge in [0.25, 0.3) is 0 Å². The molecule has 1 aliphatic carbocycles. The van der Waals surface area contributed by atoms with Crippen LogP contribution in [0.5, 0.6) is 0 Å². The summed E-state index contributed by atoms with van der Waals surface area (Å²) < 4.78 is 5.62. The lowest BCUT2D eigenvalue weighted by atomic mass is 9.81. The second-order valence-electron chi connectivity index (χ2n) is 9.30. The highest BCUT2D eigenvalue weighted by Crippen LogP contribution is 2.27.